The van der Waals surface area contributed by atoms with E-state index in [9.17, 15) is 9.59 Å². The molecule has 0 aliphatic rings. The number of amides is 1. The van der Waals surface area contributed by atoms with Crippen molar-refractivity contribution in [1.29, 1.82) is 0 Å². The summed E-state index contributed by atoms with van der Waals surface area (Å²) >= 11 is 3.31. The Morgan fingerprint density at radius 2 is 2.00 bits per heavy atom. The highest BCUT2D eigenvalue weighted by atomic mass is 79.9. The number of para-hydroxylation sites is 1. The quantitative estimate of drug-likeness (QED) is 0.743. The van der Waals surface area contributed by atoms with Gasteiger partial charge in [0.1, 0.15) is 5.75 Å². The highest BCUT2D eigenvalue weighted by Crippen LogP contribution is 2.19. The van der Waals surface area contributed by atoms with Gasteiger partial charge in [0.25, 0.3) is 5.91 Å². The summed E-state index contributed by atoms with van der Waals surface area (Å²) in [6.07, 6.45) is 0. The van der Waals surface area contributed by atoms with E-state index in [-0.39, 0.29) is 12.3 Å². The van der Waals surface area contributed by atoms with Crippen LogP contribution in [-0.2, 0) is 6.54 Å². The first-order valence-electron chi connectivity index (χ1n) is 7.22. The van der Waals surface area contributed by atoms with Gasteiger partial charge in [-0.3, -0.25) is 4.79 Å². The summed E-state index contributed by atoms with van der Waals surface area (Å²) in [5, 5.41) is 3.80. The summed E-state index contributed by atoms with van der Waals surface area (Å²) in [5.74, 6) is 0.204. The molecule has 1 N–H and O–H groups in total. The molecule has 24 heavy (non-hydrogen) atoms. The van der Waals surface area contributed by atoms with E-state index in [1.165, 1.54) is 0 Å². The number of nitrogens with one attached hydrogen (secondary N) is 1. The van der Waals surface area contributed by atoms with Crippen LogP contribution in [0, 0.1) is 0 Å². The van der Waals surface area contributed by atoms with Crippen LogP contribution in [0.15, 0.2) is 62.2 Å². The van der Waals surface area contributed by atoms with Crippen LogP contribution in [0.2, 0.25) is 0 Å². The minimum atomic E-state index is -0.545. The van der Waals surface area contributed by atoms with Crippen molar-refractivity contribution in [3.63, 3.8) is 0 Å². The molecule has 0 bridgehead atoms. The van der Waals surface area contributed by atoms with Crippen LogP contribution in [0.25, 0.3) is 10.8 Å². The smallest absolute Gasteiger partial charge is 0.344 e. The monoisotopic (exact) mass is 387 g/mol. The molecule has 0 unspecified atom stereocenters. The average Bonchev–Trinajstić information content (AvgIpc) is 2.60. The van der Waals surface area contributed by atoms with Gasteiger partial charge in [0, 0.05) is 16.6 Å². The molecular weight excluding hydrogens is 374 g/mol. The number of hydrogen-bond acceptors (Lipinski definition) is 4. The molecule has 0 spiro atoms. The van der Waals surface area contributed by atoms with E-state index in [0.29, 0.717) is 16.5 Å². The predicted octanol–water partition coefficient (Wildman–Crippen LogP) is 3.49. The Kier molecular flexibility index (Phi) is 4.66. The van der Waals surface area contributed by atoms with Gasteiger partial charge in [0.05, 0.1) is 12.5 Å². The fourth-order valence-corrected chi connectivity index (χ4v) is 2.74. The molecule has 122 valence electrons. The van der Waals surface area contributed by atoms with Crippen LogP contribution >= 0.6 is 15.9 Å². The van der Waals surface area contributed by atoms with Gasteiger partial charge in [-0.1, -0.05) is 40.2 Å². The Bertz CT molecular complexity index is 965. The van der Waals surface area contributed by atoms with Crippen molar-refractivity contribution in [2.24, 2.45) is 0 Å². The van der Waals surface area contributed by atoms with E-state index in [2.05, 4.69) is 21.2 Å². The Hall–Kier alpha value is -2.60. The van der Waals surface area contributed by atoms with Crippen molar-refractivity contribution in [3.8, 4) is 5.75 Å². The first-order valence-corrected chi connectivity index (χ1v) is 8.01. The number of ether oxygens (including phenoxy) is 1. The first kappa shape index (κ1) is 16.3. The SMILES string of the molecule is COc1ccccc1CNC(=O)c1cc2ccc(Br)cc2c(=O)o1. The highest BCUT2D eigenvalue weighted by molar-refractivity contribution is 9.10. The third-order valence-corrected chi connectivity index (χ3v) is 4.07. The zero-order chi connectivity index (χ0) is 17.1. The van der Waals surface area contributed by atoms with E-state index in [1.54, 1.807) is 31.4 Å². The lowest BCUT2D eigenvalue weighted by Crippen LogP contribution is -2.24. The number of halogens is 1. The number of fused-ring (bicyclic) bond motifs is 1. The minimum Gasteiger partial charge on any atom is -0.496 e. The molecule has 5 nitrogen and oxygen atoms in total. The molecule has 2 aromatic carbocycles. The van der Waals surface area contributed by atoms with Crippen molar-refractivity contribution in [3.05, 3.63) is 74.7 Å². The molecular formula is C18H14BrNO4. The Labute approximate surface area is 146 Å². The Morgan fingerprint density at radius 1 is 1.21 bits per heavy atom. The topological polar surface area (TPSA) is 68.5 Å². The number of rotatable bonds is 4. The van der Waals surface area contributed by atoms with Crippen molar-refractivity contribution in [1.82, 2.24) is 5.32 Å². The molecule has 1 heterocycles. The summed E-state index contributed by atoms with van der Waals surface area (Å²) in [4.78, 5) is 24.3. The van der Waals surface area contributed by atoms with Gasteiger partial charge in [-0.25, -0.2) is 4.79 Å². The Morgan fingerprint density at radius 3 is 2.79 bits per heavy atom. The second kappa shape index (κ2) is 6.88. The molecule has 0 radical (unpaired) electrons. The number of carbonyl (C=O) groups excluding carboxylic acids is 1. The summed E-state index contributed by atoms with van der Waals surface area (Å²) in [6, 6.07) is 14.2. The van der Waals surface area contributed by atoms with Gasteiger partial charge in [-0.15, -0.1) is 0 Å². The molecule has 1 aromatic heterocycles. The maximum absolute atomic E-state index is 12.3. The van der Waals surface area contributed by atoms with E-state index in [4.69, 9.17) is 9.15 Å². The first-order chi connectivity index (χ1) is 11.6. The fraction of sp³-hybridized carbons (Fsp3) is 0.111. The maximum Gasteiger partial charge on any atom is 0.344 e. The Balaban J connectivity index is 1.84. The molecule has 6 heteroatoms. The summed E-state index contributed by atoms with van der Waals surface area (Å²) < 4.78 is 11.1. The lowest BCUT2D eigenvalue weighted by Gasteiger charge is -2.09. The fourth-order valence-electron chi connectivity index (χ4n) is 2.38. The van der Waals surface area contributed by atoms with E-state index < -0.39 is 11.5 Å². The van der Waals surface area contributed by atoms with Crippen molar-refractivity contribution in [2.75, 3.05) is 7.11 Å². The summed E-state index contributed by atoms with van der Waals surface area (Å²) in [7, 11) is 1.57. The normalized spacial score (nSPS) is 10.6. The summed E-state index contributed by atoms with van der Waals surface area (Å²) in [6.45, 7) is 0.269. The molecule has 0 saturated heterocycles. The van der Waals surface area contributed by atoms with Gasteiger partial charge in [-0.2, -0.15) is 0 Å². The molecule has 3 aromatic rings. The van der Waals surface area contributed by atoms with Crippen molar-refractivity contribution >= 4 is 32.6 Å². The standard InChI is InChI=1S/C18H14BrNO4/c1-23-15-5-3-2-4-12(15)10-20-17(21)16-8-11-6-7-13(19)9-14(11)18(22)24-16/h2-9H,10H2,1H3,(H,20,21). The third-order valence-electron chi connectivity index (χ3n) is 3.58. The minimum absolute atomic E-state index is 0.0234. The highest BCUT2D eigenvalue weighted by Gasteiger charge is 2.13. The van der Waals surface area contributed by atoms with E-state index >= 15 is 0 Å². The van der Waals surface area contributed by atoms with Gasteiger partial charge in [-0.05, 0) is 29.7 Å². The van der Waals surface area contributed by atoms with Gasteiger partial charge in [0.2, 0.25) is 0 Å². The van der Waals surface area contributed by atoms with Crippen LogP contribution in [0.3, 0.4) is 0 Å². The van der Waals surface area contributed by atoms with Crippen LogP contribution < -0.4 is 15.7 Å². The zero-order valence-electron chi connectivity index (χ0n) is 12.8. The molecule has 0 saturated carbocycles. The van der Waals surface area contributed by atoms with Crippen LogP contribution in [-0.4, -0.2) is 13.0 Å². The van der Waals surface area contributed by atoms with Crippen LogP contribution in [0.5, 0.6) is 5.75 Å². The molecule has 3 rings (SSSR count). The lowest BCUT2D eigenvalue weighted by atomic mass is 10.1. The molecule has 0 atom stereocenters. The van der Waals surface area contributed by atoms with E-state index in [0.717, 1.165) is 10.0 Å². The van der Waals surface area contributed by atoms with E-state index in [1.807, 2.05) is 24.3 Å². The maximum atomic E-state index is 12.3. The molecule has 0 aliphatic carbocycles. The van der Waals surface area contributed by atoms with Gasteiger partial charge < -0.3 is 14.5 Å². The van der Waals surface area contributed by atoms with Crippen LogP contribution in [0.1, 0.15) is 16.1 Å². The number of carbonyl (C=O) groups is 1. The largest absolute Gasteiger partial charge is 0.496 e. The molecule has 0 fully saturated rings. The second-order valence-electron chi connectivity index (χ2n) is 5.12. The van der Waals surface area contributed by atoms with Gasteiger partial charge in [0.15, 0.2) is 5.76 Å². The zero-order valence-corrected chi connectivity index (χ0v) is 14.4. The lowest BCUT2D eigenvalue weighted by molar-refractivity contribution is 0.0919. The number of benzene rings is 2. The predicted molar refractivity (Wildman–Crippen MR) is 94.3 cm³/mol. The van der Waals surface area contributed by atoms with Crippen molar-refractivity contribution in [2.45, 2.75) is 6.54 Å². The average molecular weight is 388 g/mol. The van der Waals surface area contributed by atoms with Crippen LogP contribution in [0.4, 0.5) is 0 Å². The number of hydrogen-bond donors (Lipinski definition) is 1. The molecule has 0 aliphatic heterocycles. The summed E-state index contributed by atoms with van der Waals surface area (Å²) in [5.41, 5.74) is 0.289. The third kappa shape index (κ3) is 3.33. The van der Waals surface area contributed by atoms with Crippen molar-refractivity contribution < 1.29 is 13.9 Å². The molecule has 1 amide bonds. The number of methoxy groups -OCH3 is 1. The second-order valence-corrected chi connectivity index (χ2v) is 6.04. The van der Waals surface area contributed by atoms with Gasteiger partial charge >= 0.3 is 5.63 Å².